The van der Waals surface area contributed by atoms with Crippen molar-refractivity contribution in [2.75, 3.05) is 6.54 Å². The molecule has 1 heterocycles. The highest BCUT2D eigenvalue weighted by atomic mass is 35.5. The van der Waals surface area contributed by atoms with E-state index in [1.807, 2.05) is 0 Å². The summed E-state index contributed by atoms with van der Waals surface area (Å²) >= 11 is 6.76. The van der Waals surface area contributed by atoms with Crippen molar-refractivity contribution < 1.29 is 18.7 Å². The summed E-state index contributed by atoms with van der Waals surface area (Å²) in [5, 5.41) is 13.7. The van der Waals surface area contributed by atoms with E-state index in [4.69, 9.17) is 11.6 Å². The van der Waals surface area contributed by atoms with Crippen LogP contribution in [0.3, 0.4) is 0 Å². The van der Waals surface area contributed by atoms with Crippen LogP contribution < -0.4 is 5.32 Å². The number of aliphatic hydroxyl groups is 1. The third-order valence-corrected chi connectivity index (χ3v) is 4.39. The predicted molar refractivity (Wildman–Crippen MR) is 77.6 cm³/mol. The Morgan fingerprint density at radius 1 is 1.43 bits per heavy atom. The van der Waals surface area contributed by atoms with Crippen LogP contribution in [0.4, 0.5) is 8.78 Å². The number of hydrogen-bond acceptors (Lipinski definition) is 3. The van der Waals surface area contributed by atoms with Gasteiger partial charge in [-0.25, -0.2) is 8.78 Å². The van der Waals surface area contributed by atoms with E-state index in [0.29, 0.717) is 4.88 Å². The Hall–Kier alpha value is -1.50. The summed E-state index contributed by atoms with van der Waals surface area (Å²) in [5.74, 6) is -2.83. The molecule has 21 heavy (non-hydrogen) atoms. The van der Waals surface area contributed by atoms with Gasteiger partial charge in [-0.3, -0.25) is 4.79 Å². The van der Waals surface area contributed by atoms with Gasteiger partial charge in [0.05, 0.1) is 12.1 Å². The number of rotatable bonds is 4. The largest absolute Gasteiger partial charge is 0.383 e. The number of carbonyl (C=O) groups is 1. The zero-order valence-corrected chi connectivity index (χ0v) is 12.6. The van der Waals surface area contributed by atoms with E-state index in [0.717, 1.165) is 12.1 Å². The quantitative estimate of drug-likeness (QED) is 0.844. The molecule has 112 valence electrons. The topological polar surface area (TPSA) is 49.3 Å². The summed E-state index contributed by atoms with van der Waals surface area (Å²) in [4.78, 5) is 12.6. The van der Waals surface area contributed by atoms with Crippen LogP contribution in [-0.2, 0) is 5.60 Å². The molecule has 0 aliphatic heterocycles. The fraction of sp³-hybridized carbons (Fsp3) is 0.214. The minimum Gasteiger partial charge on any atom is -0.383 e. The van der Waals surface area contributed by atoms with Gasteiger partial charge in [0, 0.05) is 4.88 Å². The van der Waals surface area contributed by atoms with E-state index in [-0.39, 0.29) is 12.1 Å². The van der Waals surface area contributed by atoms with E-state index in [1.54, 1.807) is 17.5 Å². The van der Waals surface area contributed by atoms with Crippen molar-refractivity contribution in [2.24, 2.45) is 0 Å². The SMILES string of the molecule is C[C@@](O)(CNC(=O)c1ccc(F)c(Cl)c1F)c1cccs1. The molecular weight excluding hydrogens is 320 g/mol. The van der Waals surface area contributed by atoms with Crippen molar-refractivity contribution in [1.29, 1.82) is 0 Å². The Balaban J connectivity index is 2.11. The van der Waals surface area contributed by atoms with E-state index < -0.39 is 28.2 Å². The summed E-state index contributed by atoms with van der Waals surface area (Å²) in [6.07, 6.45) is 0. The first-order valence-electron chi connectivity index (χ1n) is 6.01. The lowest BCUT2D eigenvalue weighted by molar-refractivity contribution is 0.0555. The summed E-state index contributed by atoms with van der Waals surface area (Å²) in [7, 11) is 0. The Morgan fingerprint density at radius 2 is 2.14 bits per heavy atom. The van der Waals surface area contributed by atoms with Crippen LogP contribution in [-0.4, -0.2) is 17.6 Å². The third kappa shape index (κ3) is 3.40. The van der Waals surface area contributed by atoms with Crippen LogP contribution in [0.5, 0.6) is 0 Å². The zero-order chi connectivity index (χ0) is 15.6. The molecule has 0 spiro atoms. The van der Waals surface area contributed by atoms with E-state index in [2.05, 4.69) is 5.32 Å². The first-order valence-corrected chi connectivity index (χ1v) is 7.27. The lowest BCUT2D eigenvalue weighted by atomic mass is 10.0. The van der Waals surface area contributed by atoms with Crippen molar-refractivity contribution in [3.8, 4) is 0 Å². The second-order valence-electron chi connectivity index (χ2n) is 4.66. The minimum atomic E-state index is -1.27. The van der Waals surface area contributed by atoms with Gasteiger partial charge in [-0.2, -0.15) is 0 Å². The van der Waals surface area contributed by atoms with Gasteiger partial charge in [-0.1, -0.05) is 17.7 Å². The molecule has 0 saturated carbocycles. The van der Waals surface area contributed by atoms with Crippen LogP contribution in [0.2, 0.25) is 5.02 Å². The van der Waals surface area contributed by atoms with Crippen LogP contribution in [0.25, 0.3) is 0 Å². The molecule has 1 atom stereocenters. The summed E-state index contributed by atoms with van der Waals surface area (Å²) in [6, 6.07) is 5.42. The first-order chi connectivity index (χ1) is 9.83. The smallest absolute Gasteiger partial charge is 0.254 e. The van der Waals surface area contributed by atoms with Gasteiger partial charge in [0.1, 0.15) is 16.4 Å². The normalized spacial score (nSPS) is 13.8. The van der Waals surface area contributed by atoms with E-state index >= 15 is 0 Å². The molecule has 7 heteroatoms. The van der Waals surface area contributed by atoms with Crippen molar-refractivity contribution in [2.45, 2.75) is 12.5 Å². The number of carbonyl (C=O) groups excluding carboxylic acids is 1. The average molecular weight is 332 g/mol. The van der Waals surface area contributed by atoms with Crippen LogP contribution in [0.15, 0.2) is 29.6 Å². The highest BCUT2D eigenvalue weighted by Crippen LogP contribution is 2.25. The molecule has 0 fully saturated rings. The zero-order valence-electron chi connectivity index (χ0n) is 11.0. The van der Waals surface area contributed by atoms with Gasteiger partial charge in [-0.05, 0) is 30.5 Å². The van der Waals surface area contributed by atoms with Gasteiger partial charge < -0.3 is 10.4 Å². The van der Waals surface area contributed by atoms with Gasteiger partial charge in [-0.15, -0.1) is 11.3 Å². The molecule has 1 aromatic heterocycles. The molecule has 3 nitrogen and oxygen atoms in total. The second-order valence-corrected chi connectivity index (χ2v) is 5.98. The number of amides is 1. The Morgan fingerprint density at radius 3 is 2.76 bits per heavy atom. The van der Waals surface area contributed by atoms with Crippen LogP contribution in [0, 0.1) is 11.6 Å². The van der Waals surface area contributed by atoms with Gasteiger partial charge in [0.2, 0.25) is 0 Å². The maximum atomic E-state index is 13.7. The fourth-order valence-corrected chi connectivity index (χ4v) is 2.67. The molecule has 1 aromatic carbocycles. The summed E-state index contributed by atoms with van der Waals surface area (Å²) < 4.78 is 26.8. The van der Waals surface area contributed by atoms with Crippen molar-refractivity contribution in [3.63, 3.8) is 0 Å². The van der Waals surface area contributed by atoms with Gasteiger partial charge in [0.15, 0.2) is 5.82 Å². The monoisotopic (exact) mass is 331 g/mol. The van der Waals surface area contributed by atoms with E-state index in [9.17, 15) is 18.7 Å². The third-order valence-electron chi connectivity index (χ3n) is 2.92. The molecule has 0 unspecified atom stereocenters. The maximum absolute atomic E-state index is 13.7. The number of nitrogens with one attached hydrogen (secondary N) is 1. The Labute approximate surface area is 129 Å². The molecule has 0 aliphatic rings. The van der Waals surface area contributed by atoms with Crippen molar-refractivity contribution >= 4 is 28.8 Å². The standard InChI is InChI=1S/C14H12ClF2NO2S/c1-14(20,10-3-2-6-21-10)7-18-13(19)8-4-5-9(16)11(15)12(8)17/h2-6,20H,7H2,1H3,(H,18,19)/t14-/m1/s1. The molecule has 2 N–H and O–H groups in total. The summed E-state index contributed by atoms with van der Waals surface area (Å²) in [5.41, 5.74) is -1.65. The fourth-order valence-electron chi connectivity index (χ4n) is 1.72. The maximum Gasteiger partial charge on any atom is 0.254 e. The second kappa shape index (κ2) is 6.09. The average Bonchev–Trinajstić information content (AvgIpc) is 2.97. The van der Waals surface area contributed by atoms with Crippen molar-refractivity contribution in [3.05, 3.63) is 56.7 Å². The molecule has 0 saturated heterocycles. The Bertz CT molecular complexity index is 659. The highest BCUT2D eigenvalue weighted by Gasteiger charge is 2.26. The summed E-state index contributed by atoms with van der Waals surface area (Å²) in [6.45, 7) is 1.42. The predicted octanol–water partition coefficient (Wildman–Crippen LogP) is 3.32. The number of benzene rings is 1. The molecule has 0 aliphatic carbocycles. The van der Waals surface area contributed by atoms with E-state index in [1.165, 1.54) is 18.3 Å². The molecular formula is C14H12ClF2NO2S. The minimum absolute atomic E-state index is 0.110. The molecule has 0 radical (unpaired) electrons. The van der Waals surface area contributed by atoms with Crippen LogP contribution in [0.1, 0.15) is 22.2 Å². The number of hydrogen-bond donors (Lipinski definition) is 2. The van der Waals surface area contributed by atoms with Gasteiger partial charge in [0.25, 0.3) is 5.91 Å². The molecule has 0 bridgehead atoms. The Kier molecular flexibility index (Phi) is 4.61. The van der Waals surface area contributed by atoms with Crippen LogP contribution >= 0.6 is 22.9 Å². The van der Waals surface area contributed by atoms with Crippen molar-refractivity contribution in [1.82, 2.24) is 5.32 Å². The highest BCUT2D eigenvalue weighted by molar-refractivity contribution is 7.10. The number of thiophene rings is 1. The first kappa shape index (κ1) is 15.9. The molecule has 2 aromatic rings. The van der Waals surface area contributed by atoms with Gasteiger partial charge >= 0.3 is 0 Å². The lowest BCUT2D eigenvalue weighted by Crippen LogP contribution is -2.38. The molecule has 2 rings (SSSR count). The number of halogens is 3. The molecule has 1 amide bonds. The lowest BCUT2D eigenvalue weighted by Gasteiger charge is -2.22.